The standard InChI is InChI=1S/C13H16BrN3O2/c1-7-4-11(19-3)8(5-10(7)18-2)13-16-9(6-15)12(14)17-13/h4-5H,6,15H2,1-3H3,(H,16,17). The van der Waals surface area contributed by atoms with Crippen molar-refractivity contribution in [2.75, 3.05) is 14.2 Å². The van der Waals surface area contributed by atoms with E-state index in [0.717, 1.165) is 28.3 Å². The first-order valence-electron chi connectivity index (χ1n) is 5.78. The van der Waals surface area contributed by atoms with Crippen LogP contribution in [0.25, 0.3) is 11.4 Å². The lowest BCUT2D eigenvalue weighted by atomic mass is 10.1. The number of aryl methyl sites for hydroxylation is 1. The second-order valence-electron chi connectivity index (χ2n) is 4.08. The summed E-state index contributed by atoms with van der Waals surface area (Å²) in [7, 11) is 3.27. The fraction of sp³-hybridized carbons (Fsp3) is 0.308. The van der Waals surface area contributed by atoms with Gasteiger partial charge in [0, 0.05) is 6.54 Å². The number of imidazole rings is 1. The van der Waals surface area contributed by atoms with Gasteiger partial charge in [-0.05, 0) is 40.5 Å². The first kappa shape index (κ1) is 13.9. The van der Waals surface area contributed by atoms with Crippen LogP contribution in [-0.4, -0.2) is 24.2 Å². The zero-order valence-electron chi connectivity index (χ0n) is 11.1. The number of H-pyrrole nitrogens is 1. The van der Waals surface area contributed by atoms with Gasteiger partial charge in [-0.25, -0.2) is 4.98 Å². The van der Waals surface area contributed by atoms with E-state index < -0.39 is 0 Å². The summed E-state index contributed by atoms with van der Waals surface area (Å²) in [5.74, 6) is 2.23. The lowest BCUT2D eigenvalue weighted by molar-refractivity contribution is 0.401. The van der Waals surface area contributed by atoms with Crippen LogP contribution < -0.4 is 15.2 Å². The molecule has 0 spiro atoms. The molecular weight excluding hydrogens is 310 g/mol. The molecule has 3 N–H and O–H groups in total. The van der Waals surface area contributed by atoms with Crippen LogP contribution in [0.3, 0.4) is 0 Å². The Bertz CT molecular complexity index is 596. The molecule has 0 radical (unpaired) electrons. The topological polar surface area (TPSA) is 73.2 Å². The number of nitrogens with two attached hydrogens (primary N) is 1. The van der Waals surface area contributed by atoms with Crippen LogP contribution in [0, 0.1) is 6.92 Å². The minimum Gasteiger partial charge on any atom is -0.496 e. The van der Waals surface area contributed by atoms with Gasteiger partial charge in [-0.3, -0.25) is 0 Å². The number of aromatic amines is 1. The van der Waals surface area contributed by atoms with E-state index in [2.05, 4.69) is 25.9 Å². The number of nitrogens with one attached hydrogen (secondary N) is 1. The Morgan fingerprint density at radius 1 is 1.26 bits per heavy atom. The Hall–Kier alpha value is -1.53. The van der Waals surface area contributed by atoms with Crippen molar-refractivity contribution >= 4 is 15.9 Å². The first-order valence-corrected chi connectivity index (χ1v) is 6.57. The van der Waals surface area contributed by atoms with Crippen molar-refractivity contribution in [1.29, 1.82) is 0 Å². The minimum atomic E-state index is 0.388. The van der Waals surface area contributed by atoms with E-state index >= 15 is 0 Å². The quantitative estimate of drug-likeness (QED) is 0.906. The molecular formula is C13H16BrN3O2. The van der Waals surface area contributed by atoms with Gasteiger partial charge in [0.15, 0.2) is 0 Å². The number of nitrogens with zero attached hydrogens (tertiary/aromatic N) is 1. The van der Waals surface area contributed by atoms with E-state index in [1.165, 1.54) is 0 Å². The van der Waals surface area contributed by atoms with Crippen molar-refractivity contribution in [3.8, 4) is 22.9 Å². The van der Waals surface area contributed by atoms with E-state index in [9.17, 15) is 0 Å². The van der Waals surface area contributed by atoms with Crippen LogP contribution >= 0.6 is 15.9 Å². The number of hydrogen-bond acceptors (Lipinski definition) is 4. The zero-order valence-corrected chi connectivity index (χ0v) is 12.7. The third-order valence-corrected chi connectivity index (χ3v) is 3.56. The van der Waals surface area contributed by atoms with Crippen LogP contribution in [0.1, 0.15) is 11.3 Å². The molecule has 1 aromatic heterocycles. The van der Waals surface area contributed by atoms with E-state index in [-0.39, 0.29) is 0 Å². The highest BCUT2D eigenvalue weighted by molar-refractivity contribution is 9.10. The predicted molar refractivity (Wildman–Crippen MR) is 77.5 cm³/mol. The van der Waals surface area contributed by atoms with Crippen molar-refractivity contribution in [2.24, 2.45) is 5.73 Å². The van der Waals surface area contributed by atoms with E-state index in [0.29, 0.717) is 17.0 Å². The molecule has 19 heavy (non-hydrogen) atoms. The molecule has 0 saturated carbocycles. The number of ether oxygens (including phenoxy) is 2. The van der Waals surface area contributed by atoms with Gasteiger partial charge in [0.25, 0.3) is 0 Å². The first-order chi connectivity index (χ1) is 9.10. The molecule has 2 rings (SSSR count). The summed E-state index contributed by atoms with van der Waals surface area (Å²) in [5, 5.41) is 0. The Balaban J connectivity index is 2.58. The molecule has 1 heterocycles. The van der Waals surface area contributed by atoms with Gasteiger partial charge in [0.05, 0.1) is 25.5 Å². The minimum absolute atomic E-state index is 0.388. The molecule has 0 unspecified atom stereocenters. The molecule has 6 heteroatoms. The Morgan fingerprint density at radius 3 is 2.47 bits per heavy atom. The molecule has 5 nitrogen and oxygen atoms in total. The van der Waals surface area contributed by atoms with Gasteiger partial charge in [0.2, 0.25) is 0 Å². The summed E-state index contributed by atoms with van der Waals surface area (Å²) in [6.45, 7) is 2.35. The van der Waals surface area contributed by atoms with Crippen molar-refractivity contribution in [3.63, 3.8) is 0 Å². The summed E-state index contributed by atoms with van der Waals surface area (Å²) in [6.07, 6.45) is 0. The monoisotopic (exact) mass is 325 g/mol. The third kappa shape index (κ3) is 2.59. The van der Waals surface area contributed by atoms with Gasteiger partial charge in [-0.2, -0.15) is 0 Å². The van der Waals surface area contributed by atoms with Crippen LogP contribution in [0.5, 0.6) is 11.5 Å². The number of rotatable bonds is 4. The summed E-state index contributed by atoms with van der Waals surface area (Å²) in [5.41, 5.74) is 8.33. The molecule has 1 aromatic carbocycles. The fourth-order valence-electron chi connectivity index (χ4n) is 1.89. The lowest BCUT2D eigenvalue weighted by Crippen LogP contribution is -1.97. The maximum Gasteiger partial charge on any atom is 0.142 e. The molecule has 0 aliphatic heterocycles. The average molecular weight is 326 g/mol. The molecule has 0 atom stereocenters. The largest absolute Gasteiger partial charge is 0.496 e. The molecule has 0 amide bonds. The highest BCUT2D eigenvalue weighted by atomic mass is 79.9. The molecule has 0 aliphatic rings. The number of hydrogen-bond donors (Lipinski definition) is 2. The highest BCUT2D eigenvalue weighted by Crippen LogP contribution is 2.35. The van der Waals surface area contributed by atoms with Gasteiger partial charge in [-0.1, -0.05) is 0 Å². The molecule has 102 valence electrons. The van der Waals surface area contributed by atoms with Crippen molar-refractivity contribution in [1.82, 2.24) is 9.97 Å². The summed E-state index contributed by atoms with van der Waals surface area (Å²) < 4.78 is 11.5. The molecule has 2 aromatic rings. The van der Waals surface area contributed by atoms with Gasteiger partial charge in [-0.15, -0.1) is 0 Å². The normalized spacial score (nSPS) is 10.6. The van der Waals surface area contributed by atoms with Crippen LogP contribution in [0.2, 0.25) is 0 Å². The highest BCUT2D eigenvalue weighted by Gasteiger charge is 2.15. The van der Waals surface area contributed by atoms with Gasteiger partial charge in [0.1, 0.15) is 21.9 Å². The van der Waals surface area contributed by atoms with Crippen molar-refractivity contribution in [2.45, 2.75) is 13.5 Å². The summed E-state index contributed by atoms with van der Waals surface area (Å²) in [4.78, 5) is 7.59. The van der Waals surface area contributed by atoms with Crippen LogP contribution in [-0.2, 0) is 6.54 Å². The van der Waals surface area contributed by atoms with Gasteiger partial charge < -0.3 is 20.2 Å². The van der Waals surface area contributed by atoms with E-state index in [1.54, 1.807) is 14.2 Å². The fourth-order valence-corrected chi connectivity index (χ4v) is 2.32. The maximum absolute atomic E-state index is 5.64. The maximum atomic E-state index is 5.64. The Morgan fingerprint density at radius 2 is 1.95 bits per heavy atom. The second kappa shape index (κ2) is 5.63. The molecule has 0 fully saturated rings. The summed E-state index contributed by atoms with van der Waals surface area (Å²) in [6, 6.07) is 3.83. The zero-order chi connectivity index (χ0) is 14.0. The van der Waals surface area contributed by atoms with Gasteiger partial charge >= 0.3 is 0 Å². The number of methoxy groups -OCH3 is 2. The smallest absolute Gasteiger partial charge is 0.142 e. The molecule has 0 aliphatic carbocycles. The lowest BCUT2D eigenvalue weighted by Gasteiger charge is -2.11. The number of halogens is 1. The number of benzene rings is 1. The van der Waals surface area contributed by atoms with Crippen LogP contribution in [0.15, 0.2) is 16.7 Å². The van der Waals surface area contributed by atoms with E-state index in [4.69, 9.17) is 15.2 Å². The number of aromatic nitrogens is 2. The predicted octanol–water partition coefficient (Wildman–Crippen LogP) is 2.62. The average Bonchev–Trinajstić information content (AvgIpc) is 2.79. The summed E-state index contributed by atoms with van der Waals surface area (Å²) >= 11 is 3.38. The second-order valence-corrected chi connectivity index (χ2v) is 4.83. The third-order valence-electron chi connectivity index (χ3n) is 2.90. The Labute approximate surface area is 120 Å². The van der Waals surface area contributed by atoms with E-state index in [1.807, 2.05) is 19.1 Å². The Kier molecular flexibility index (Phi) is 4.11. The van der Waals surface area contributed by atoms with Crippen LogP contribution in [0.4, 0.5) is 0 Å². The molecule has 0 saturated heterocycles. The SMILES string of the molecule is COc1cc(-c2nc(Br)c(CN)[nH]2)c(OC)cc1C. The van der Waals surface area contributed by atoms with Crippen molar-refractivity contribution in [3.05, 3.63) is 28.0 Å². The molecule has 0 bridgehead atoms. The van der Waals surface area contributed by atoms with Crippen molar-refractivity contribution < 1.29 is 9.47 Å².